The minimum atomic E-state index is -5.63. The Morgan fingerprint density at radius 2 is 0.756 bits per heavy atom. The molecule has 0 heterocycles. The number of nitrogens with two attached hydrogens (primary N) is 4. The van der Waals surface area contributed by atoms with E-state index in [0.29, 0.717) is 6.07 Å². The van der Waals surface area contributed by atoms with E-state index < -0.39 is 28.9 Å². The van der Waals surface area contributed by atoms with Crippen LogP contribution in [0.5, 0.6) is 0 Å². The topological polar surface area (TPSA) is 104 Å². The van der Waals surface area contributed by atoms with Crippen LogP contribution in [0.4, 0.5) is 49.1 Å². The van der Waals surface area contributed by atoms with Crippen LogP contribution in [0.3, 0.4) is 0 Å². The van der Waals surface area contributed by atoms with E-state index in [4.69, 9.17) is 22.9 Å². The maximum Gasteiger partial charge on any atom is 0.411 e. The summed E-state index contributed by atoms with van der Waals surface area (Å²) in [5, 5.41) is 0. The van der Waals surface area contributed by atoms with Gasteiger partial charge in [0.15, 0.2) is 0 Å². The number of alkyl halides is 6. The number of hydrogen-bond donors (Lipinski definition) is 4. The lowest BCUT2D eigenvalue weighted by molar-refractivity contribution is -0.288. The summed E-state index contributed by atoms with van der Waals surface area (Å²) in [5.74, 6) is 0. The number of rotatable bonds is 5. The van der Waals surface area contributed by atoms with Crippen LogP contribution in [0, 0.1) is 0 Å². The minimum absolute atomic E-state index is 0.0552. The number of anilines is 4. The van der Waals surface area contributed by atoms with Gasteiger partial charge in [0.25, 0.3) is 0 Å². The van der Waals surface area contributed by atoms with Gasteiger partial charge in [-0.2, -0.15) is 26.3 Å². The molecule has 0 amide bonds. The molecule has 45 heavy (non-hydrogen) atoms. The molecule has 5 aromatic rings. The van der Waals surface area contributed by atoms with Crippen molar-refractivity contribution in [3.8, 4) is 0 Å². The largest absolute Gasteiger partial charge is 0.411 e. The molecule has 0 fully saturated rings. The fraction of sp³-hybridized carbons (Fsp3) is 0.143. The first-order chi connectivity index (χ1) is 21.1. The van der Waals surface area contributed by atoms with Crippen molar-refractivity contribution in [2.24, 2.45) is 0 Å². The fourth-order valence-corrected chi connectivity index (χ4v) is 5.46. The Morgan fingerprint density at radius 3 is 1.16 bits per heavy atom. The summed E-state index contributed by atoms with van der Waals surface area (Å²) < 4.78 is 82.1. The first-order valence-electron chi connectivity index (χ1n) is 13.7. The second kappa shape index (κ2) is 12.5. The molecule has 0 aliphatic heterocycles. The molecule has 10 heteroatoms. The van der Waals surface area contributed by atoms with Gasteiger partial charge in [0.05, 0.1) is 0 Å². The third-order valence-corrected chi connectivity index (χ3v) is 7.79. The van der Waals surface area contributed by atoms with E-state index in [1.807, 2.05) is 42.5 Å². The fourth-order valence-electron chi connectivity index (χ4n) is 5.46. The lowest BCUT2D eigenvalue weighted by atomic mass is 9.71. The molecular formula is C35H32F6N4. The zero-order valence-corrected chi connectivity index (χ0v) is 24.2. The van der Waals surface area contributed by atoms with Crippen LogP contribution < -0.4 is 22.9 Å². The highest BCUT2D eigenvalue weighted by Crippen LogP contribution is 2.56. The number of benzene rings is 5. The van der Waals surface area contributed by atoms with Crippen molar-refractivity contribution in [1.29, 1.82) is 0 Å². The predicted octanol–water partition coefficient (Wildman–Crippen LogP) is 8.47. The van der Waals surface area contributed by atoms with Gasteiger partial charge >= 0.3 is 12.4 Å². The zero-order chi connectivity index (χ0) is 33.0. The van der Waals surface area contributed by atoms with Gasteiger partial charge in [-0.15, -0.1) is 0 Å². The molecule has 0 aliphatic carbocycles. The normalized spacial score (nSPS) is 12.2. The Labute approximate surface area is 257 Å². The van der Waals surface area contributed by atoms with Crippen molar-refractivity contribution in [2.45, 2.75) is 30.1 Å². The third kappa shape index (κ3) is 6.40. The van der Waals surface area contributed by atoms with Crippen molar-refractivity contribution in [1.82, 2.24) is 0 Å². The first-order valence-corrected chi connectivity index (χ1v) is 13.7. The van der Waals surface area contributed by atoms with Gasteiger partial charge in [-0.3, -0.25) is 0 Å². The highest BCUT2D eigenvalue weighted by Gasteiger charge is 2.72. The molecular weight excluding hydrogens is 590 g/mol. The SMILES string of the molecule is CC(c1ccccc1)(c1cccc(N)c1)c1cccc(N)c1.Nc1ccc(C(c2cccc(N)c2)(C(F)(F)F)C(F)(F)F)cc1. The summed E-state index contributed by atoms with van der Waals surface area (Å²) in [6, 6.07) is 33.7. The van der Waals surface area contributed by atoms with Crippen molar-refractivity contribution in [2.75, 3.05) is 22.9 Å². The summed E-state index contributed by atoms with van der Waals surface area (Å²) in [6.07, 6.45) is -11.3. The van der Waals surface area contributed by atoms with Crippen LogP contribution in [0.25, 0.3) is 0 Å². The quantitative estimate of drug-likeness (QED) is 0.0897. The summed E-state index contributed by atoms with van der Waals surface area (Å²) in [5.41, 5.74) is 21.2. The smallest absolute Gasteiger partial charge is 0.399 e. The van der Waals surface area contributed by atoms with Gasteiger partial charge in [-0.25, -0.2) is 0 Å². The molecule has 5 aromatic carbocycles. The van der Waals surface area contributed by atoms with Crippen LogP contribution in [-0.2, 0) is 10.8 Å². The van der Waals surface area contributed by atoms with Gasteiger partial charge < -0.3 is 22.9 Å². The molecule has 0 radical (unpaired) electrons. The maximum atomic E-state index is 13.7. The number of hydrogen-bond acceptors (Lipinski definition) is 4. The van der Waals surface area contributed by atoms with Gasteiger partial charge in [-0.1, -0.05) is 78.9 Å². The summed E-state index contributed by atoms with van der Waals surface area (Å²) in [4.78, 5) is 0. The molecule has 0 saturated carbocycles. The highest BCUT2D eigenvalue weighted by atomic mass is 19.4. The van der Waals surface area contributed by atoms with Crippen LogP contribution in [0.2, 0.25) is 0 Å². The average Bonchev–Trinajstić information content (AvgIpc) is 2.97. The van der Waals surface area contributed by atoms with E-state index >= 15 is 0 Å². The minimum Gasteiger partial charge on any atom is -0.399 e. The first kappa shape index (κ1) is 32.8. The lowest BCUT2D eigenvalue weighted by Crippen LogP contribution is -2.54. The summed E-state index contributed by atoms with van der Waals surface area (Å²) in [6.45, 7) is 2.21. The van der Waals surface area contributed by atoms with Crippen LogP contribution in [-0.4, -0.2) is 12.4 Å². The Bertz CT molecular complexity index is 1670. The van der Waals surface area contributed by atoms with Gasteiger partial charge in [0.2, 0.25) is 5.41 Å². The van der Waals surface area contributed by atoms with E-state index in [9.17, 15) is 26.3 Å². The van der Waals surface area contributed by atoms with Gasteiger partial charge in [0, 0.05) is 28.2 Å². The highest BCUT2D eigenvalue weighted by molar-refractivity contribution is 5.57. The molecule has 0 bridgehead atoms. The maximum absolute atomic E-state index is 13.7. The van der Waals surface area contributed by atoms with E-state index in [0.717, 1.165) is 58.9 Å². The second-order valence-electron chi connectivity index (χ2n) is 10.7. The molecule has 234 valence electrons. The van der Waals surface area contributed by atoms with Crippen molar-refractivity contribution < 1.29 is 26.3 Å². The standard InChI is InChI=1S/C20H20N2.C15H12F6N2/c1-20(15-7-3-2-4-8-15,16-9-5-11-18(21)13-16)17-10-6-12-19(22)14-17;16-14(17,18)13(15(19,20)21,9-4-6-11(22)7-5-9)10-2-1-3-12(23)8-10/h2-14H,21-22H2,1H3;1-8H,22-23H2. The summed E-state index contributed by atoms with van der Waals surface area (Å²) in [7, 11) is 0. The van der Waals surface area contributed by atoms with E-state index in [-0.39, 0.29) is 16.8 Å². The lowest BCUT2D eigenvalue weighted by Gasteiger charge is -2.38. The van der Waals surface area contributed by atoms with Gasteiger partial charge in [0.1, 0.15) is 0 Å². The molecule has 0 saturated heterocycles. The van der Waals surface area contributed by atoms with Gasteiger partial charge in [-0.05, 0) is 83.3 Å². The van der Waals surface area contributed by atoms with Crippen molar-refractivity contribution in [3.05, 3.63) is 155 Å². The van der Waals surface area contributed by atoms with Crippen LogP contribution in [0.1, 0.15) is 34.7 Å². The third-order valence-electron chi connectivity index (χ3n) is 7.79. The Kier molecular flexibility index (Phi) is 9.09. The predicted molar refractivity (Wildman–Crippen MR) is 168 cm³/mol. The van der Waals surface area contributed by atoms with Crippen LogP contribution >= 0.6 is 0 Å². The number of halogens is 6. The van der Waals surface area contributed by atoms with E-state index in [1.165, 1.54) is 11.6 Å². The molecule has 0 aliphatic rings. The van der Waals surface area contributed by atoms with Crippen molar-refractivity contribution >= 4 is 22.7 Å². The monoisotopic (exact) mass is 622 g/mol. The molecule has 4 nitrogen and oxygen atoms in total. The Hall–Kier alpha value is -5.12. The molecule has 0 spiro atoms. The average molecular weight is 623 g/mol. The molecule has 0 atom stereocenters. The Balaban J connectivity index is 0.000000205. The van der Waals surface area contributed by atoms with E-state index in [2.05, 4.69) is 43.3 Å². The molecule has 5 rings (SSSR count). The van der Waals surface area contributed by atoms with Crippen LogP contribution in [0.15, 0.2) is 127 Å². The molecule has 8 N–H and O–H groups in total. The van der Waals surface area contributed by atoms with Crippen molar-refractivity contribution in [3.63, 3.8) is 0 Å². The number of nitrogen functional groups attached to an aromatic ring is 4. The Morgan fingerprint density at radius 1 is 0.378 bits per heavy atom. The second-order valence-corrected chi connectivity index (χ2v) is 10.7. The summed E-state index contributed by atoms with van der Waals surface area (Å²) >= 11 is 0. The molecule has 0 unspecified atom stereocenters. The zero-order valence-electron chi connectivity index (χ0n) is 24.2. The molecule has 0 aromatic heterocycles. The van der Waals surface area contributed by atoms with E-state index in [1.54, 1.807) is 0 Å².